The number of piperidine rings is 1. The Morgan fingerprint density at radius 2 is 1.81 bits per heavy atom. The van der Waals surface area contributed by atoms with Gasteiger partial charge < -0.3 is 19.7 Å². The first kappa shape index (κ1) is 23.2. The number of carbonyl (C=O) groups is 2. The van der Waals surface area contributed by atoms with Gasteiger partial charge in [-0.1, -0.05) is 41.6 Å². The van der Waals surface area contributed by atoms with Gasteiger partial charge in [0.1, 0.15) is 5.56 Å². The van der Waals surface area contributed by atoms with Gasteiger partial charge in [0.05, 0.1) is 6.20 Å². The number of aromatic nitrogens is 2. The number of H-pyrrole nitrogens is 1. The van der Waals surface area contributed by atoms with E-state index in [9.17, 15) is 14.4 Å². The van der Waals surface area contributed by atoms with E-state index in [0.29, 0.717) is 47.3 Å². The van der Waals surface area contributed by atoms with Crippen LogP contribution in [0.25, 0.3) is 22.2 Å². The molecule has 3 atom stereocenters. The van der Waals surface area contributed by atoms with Crippen molar-refractivity contribution < 1.29 is 14.1 Å². The maximum Gasteiger partial charge on any atom is 0.259 e. The molecule has 2 aromatic carbocycles. The molecule has 6 rings (SSSR count). The van der Waals surface area contributed by atoms with Crippen molar-refractivity contribution in [3.8, 4) is 11.3 Å². The average Bonchev–Trinajstić information content (AvgIpc) is 3.42. The topological polar surface area (TPSA) is 108 Å². The second-order valence-corrected chi connectivity index (χ2v) is 10.1. The first-order chi connectivity index (χ1) is 18.1. The van der Waals surface area contributed by atoms with Crippen molar-refractivity contribution in [2.24, 2.45) is 11.8 Å². The van der Waals surface area contributed by atoms with E-state index in [2.05, 4.69) is 15.5 Å². The van der Waals surface area contributed by atoms with Crippen LogP contribution in [0, 0.1) is 11.8 Å². The number of rotatable bonds is 4. The van der Waals surface area contributed by atoms with E-state index in [4.69, 9.17) is 4.52 Å². The number of likely N-dealkylation sites (tertiary alicyclic amines) is 1. The number of fused-ring (bicyclic) bond motifs is 2. The van der Waals surface area contributed by atoms with Gasteiger partial charge in [0.25, 0.3) is 11.8 Å². The summed E-state index contributed by atoms with van der Waals surface area (Å²) in [6, 6.07) is 18.2. The molecule has 2 aromatic heterocycles. The third kappa shape index (κ3) is 4.55. The van der Waals surface area contributed by atoms with E-state index in [0.717, 1.165) is 36.6 Å². The molecule has 4 aromatic rings. The summed E-state index contributed by atoms with van der Waals surface area (Å²) in [6.07, 6.45) is 5.16. The van der Waals surface area contributed by atoms with Gasteiger partial charge in [0.15, 0.2) is 5.76 Å². The summed E-state index contributed by atoms with van der Waals surface area (Å²) >= 11 is 0. The maximum atomic E-state index is 13.4. The number of amides is 2. The van der Waals surface area contributed by atoms with Crippen LogP contribution in [-0.2, 0) is 0 Å². The molecule has 37 heavy (non-hydrogen) atoms. The van der Waals surface area contributed by atoms with Crippen LogP contribution in [-0.4, -0.2) is 46.0 Å². The molecule has 2 N–H and O–H groups in total. The van der Waals surface area contributed by atoms with E-state index in [1.165, 1.54) is 12.3 Å². The van der Waals surface area contributed by atoms with Crippen LogP contribution >= 0.6 is 0 Å². The predicted octanol–water partition coefficient (Wildman–Crippen LogP) is 4.24. The molecule has 2 amide bonds. The normalized spacial score (nSPS) is 21.4. The summed E-state index contributed by atoms with van der Waals surface area (Å²) in [5.74, 6) is 1.23. The summed E-state index contributed by atoms with van der Waals surface area (Å²) in [4.78, 5) is 42.8. The first-order valence-corrected chi connectivity index (χ1v) is 12.8. The number of pyridine rings is 1. The Kier molecular flexibility index (Phi) is 6.08. The third-order valence-electron chi connectivity index (χ3n) is 7.83. The van der Waals surface area contributed by atoms with Gasteiger partial charge in [-0.2, -0.15) is 0 Å². The quantitative estimate of drug-likeness (QED) is 0.439. The van der Waals surface area contributed by atoms with Crippen LogP contribution in [0.3, 0.4) is 0 Å². The molecule has 3 unspecified atom stereocenters. The minimum Gasteiger partial charge on any atom is -0.355 e. The number of hydrogen-bond acceptors (Lipinski definition) is 5. The fourth-order valence-electron chi connectivity index (χ4n) is 5.94. The Balaban J connectivity index is 1.10. The summed E-state index contributed by atoms with van der Waals surface area (Å²) in [7, 11) is 0. The number of nitrogens with one attached hydrogen (secondary N) is 2. The largest absolute Gasteiger partial charge is 0.355 e. The highest BCUT2D eigenvalue weighted by Crippen LogP contribution is 2.37. The van der Waals surface area contributed by atoms with Crippen LogP contribution < -0.4 is 10.9 Å². The molecule has 8 nitrogen and oxygen atoms in total. The lowest BCUT2D eigenvalue weighted by Gasteiger charge is -2.43. The van der Waals surface area contributed by atoms with Crippen molar-refractivity contribution in [1.29, 1.82) is 0 Å². The molecule has 3 heterocycles. The summed E-state index contributed by atoms with van der Waals surface area (Å²) in [6.45, 7) is 1.39. The molecule has 188 valence electrons. The Morgan fingerprint density at radius 1 is 0.946 bits per heavy atom. The highest BCUT2D eigenvalue weighted by atomic mass is 16.5. The van der Waals surface area contributed by atoms with Gasteiger partial charge >= 0.3 is 0 Å². The summed E-state index contributed by atoms with van der Waals surface area (Å²) in [5.41, 5.74) is 2.38. The van der Waals surface area contributed by atoms with Crippen molar-refractivity contribution in [2.75, 3.05) is 13.1 Å². The van der Waals surface area contributed by atoms with E-state index < -0.39 is 0 Å². The van der Waals surface area contributed by atoms with E-state index >= 15 is 0 Å². The van der Waals surface area contributed by atoms with E-state index in [1.54, 1.807) is 24.3 Å². The average molecular weight is 497 g/mol. The standard InChI is InChI=1S/C29H28N4O4/c34-26-12-11-22-23(7-4-8-25(22)32-26)28(35)31-21-10-9-20-17-33(14-13-19(20)15-21)29(36)24-16-30-37-27(24)18-5-2-1-3-6-18/h1-8,11-12,16,19-21H,9-10,13-15,17H2,(H,31,35)(H,32,34). The fourth-order valence-corrected chi connectivity index (χ4v) is 5.94. The SMILES string of the molecule is O=C(NC1CCC2CN(C(=O)c3cnoc3-c3ccccc3)CCC2C1)c1cccc2[nH]c(=O)ccc12. The minimum absolute atomic E-state index is 0.0389. The maximum absolute atomic E-state index is 13.4. The second-order valence-electron chi connectivity index (χ2n) is 10.1. The molecule has 0 spiro atoms. The van der Waals surface area contributed by atoms with Crippen molar-refractivity contribution in [3.05, 3.63) is 88.3 Å². The molecule has 1 aliphatic heterocycles. The molecule has 1 saturated heterocycles. The number of nitrogens with zero attached hydrogens (tertiary/aromatic N) is 2. The highest BCUT2D eigenvalue weighted by molar-refractivity contribution is 6.06. The van der Waals surface area contributed by atoms with Crippen LogP contribution in [0.4, 0.5) is 0 Å². The van der Waals surface area contributed by atoms with Crippen molar-refractivity contribution in [3.63, 3.8) is 0 Å². The predicted molar refractivity (Wildman–Crippen MR) is 139 cm³/mol. The molecule has 0 bridgehead atoms. The molecule has 2 aliphatic rings. The molecular weight excluding hydrogens is 468 g/mol. The molecule has 2 fully saturated rings. The van der Waals surface area contributed by atoms with Gasteiger partial charge in [-0.25, -0.2) is 0 Å². The smallest absolute Gasteiger partial charge is 0.259 e. The number of benzene rings is 2. The Hall–Kier alpha value is -4.20. The zero-order valence-corrected chi connectivity index (χ0v) is 20.4. The van der Waals surface area contributed by atoms with Crippen molar-refractivity contribution in [2.45, 2.75) is 31.7 Å². The Bertz CT molecular complexity index is 1510. The summed E-state index contributed by atoms with van der Waals surface area (Å²) < 4.78 is 5.43. The molecule has 8 heteroatoms. The van der Waals surface area contributed by atoms with Crippen molar-refractivity contribution in [1.82, 2.24) is 20.4 Å². The Morgan fingerprint density at radius 3 is 2.68 bits per heavy atom. The van der Waals surface area contributed by atoms with Gasteiger partial charge in [-0.05, 0) is 55.7 Å². The zero-order chi connectivity index (χ0) is 25.4. The third-order valence-corrected chi connectivity index (χ3v) is 7.83. The lowest BCUT2D eigenvalue weighted by Crippen LogP contribution is -2.49. The highest BCUT2D eigenvalue weighted by Gasteiger charge is 2.37. The number of carbonyl (C=O) groups excluding carboxylic acids is 2. The van der Waals surface area contributed by atoms with Gasteiger partial charge in [0.2, 0.25) is 5.56 Å². The summed E-state index contributed by atoms with van der Waals surface area (Å²) in [5, 5.41) is 7.87. The van der Waals surface area contributed by atoms with Gasteiger partial charge in [-0.15, -0.1) is 0 Å². The van der Waals surface area contributed by atoms with Crippen LogP contribution in [0.2, 0.25) is 0 Å². The lowest BCUT2D eigenvalue weighted by atomic mass is 9.73. The first-order valence-electron chi connectivity index (χ1n) is 12.8. The van der Waals surface area contributed by atoms with E-state index in [1.807, 2.05) is 35.2 Å². The second kappa shape index (κ2) is 9.69. The van der Waals surface area contributed by atoms with Crippen LogP contribution in [0.1, 0.15) is 46.4 Å². The number of aromatic amines is 1. The molecule has 1 aliphatic carbocycles. The van der Waals surface area contributed by atoms with Crippen molar-refractivity contribution >= 4 is 22.7 Å². The molecular formula is C29H28N4O4. The Labute approximate surface area is 213 Å². The lowest BCUT2D eigenvalue weighted by molar-refractivity contribution is 0.0479. The van der Waals surface area contributed by atoms with Crippen LogP contribution in [0.5, 0.6) is 0 Å². The monoisotopic (exact) mass is 496 g/mol. The molecule has 1 saturated carbocycles. The van der Waals surface area contributed by atoms with Gasteiger partial charge in [0, 0.05) is 47.2 Å². The molecule has 0 radical (unpaired) electrons. The fraction of sp³-hybridized carbons (Fsp3) is 0.310. The van der Waals surface area contributed by atoms with Crippen LogP contribution in [0.15, 0.2) is 76.2 Å². The number of hydrogen-bond donors (Lipinski definition) is 2. The van der Waals surface area contributed by atoms with E-state index in [-0.39, 0.29) is 23.4 Å². The van der Waals surface area contributed by atoms with Gasteiger partial charge in [-0.3, -0.25) is 14.4 Å². The minimum atomic E-state index is -0.187. The zero-order valence-electron chi connectivity index (χ0n) is 20.4.